The number of carbonyl (C=O) groups excluding carboxylic acids is 1. The third-order valence-electron chi connectivity index (χ3n) is 6.10. The number of pyridine rings is 1. The molecular weight excluding hydrogens is 485 g/mol. The third-order valence-corrected chi connectivity index (χ3v) is 6.10. The summed E-state index contributed by atoms with van der Waals surface area (Å²) in [6.45, 7) is 1.97. The van der Waals surface area contributed by atoms with Gasteiger partial charge >= 0.3 is 0 Å². The SMILES string of the molecule is Cc1ccc(-c2cc(C(N)=O)n(-c3ccc(F)cc3)n2)cc1Nc1ncccc1-c1ncnc2[nH]cnc12. The minimum Gasteiger partial charge on any atom is -0.364 e. The topological polar surface area (TPSA) is 140 Å². The quantitative estimate of drug-likeness (QED) is 0.301. The van der Waals surface area contributed by atoms with Crippen LogP contribution >= 0.6 is 0 Å². The lowest BCUT2D eigenvalue weighted by Crippen LogP contribution is -2.16. The van der Waals surface area contributed by atoms with E-state index in [-0.39, 0.29) is 11.5 Å². The maximum absolute atomic E-state index is 13.4. The van der Waals surface area contributed by atoms with Crippen LogP contribution in [0.1, 0.15) is 16.1 Å². The van der Waals surface area contributed by atoms with Crippen molar-refractivity contribution >= 4 is 28.6 Å². The van der Waals surface area contributed by atoms with Crippen LogP contribution in [0, 0.1) is 12.7 Å². The number of imidazole rings is 1. The van der Waals surface area contributed by atoms with Crippen LogP contribution in [0.3, 0.4) is 0 Å². The van der Waals surface area contributed by atoms with E-state index in [2.05, 4.69) is 35.3 Å². The first-order valence-corrected chi connectivity index (χ1v) is 11.6. The molecule has 11 heteroatoms. The number of primary amides is 1. The molecule has 0 fully saturated rings. The number of hydrogen-bond acceptors (Lipinski definition) is 7. The zero-order valence-corrected chi connectivity index (χ0v) is 20.1. The van der Waals surface area contributed by atoms with E-state index in [9.17, 15) is 9.18 Å². The second kappa shape index (κ2) is 9.21. The van der Waals surface area contributed by atoms with Gasteiger partial charge in [0.1, 0.15) is 34.9 Å². The van der Waals surface area contributed by atoms with Gasteiger partial charge in [0, 0.05) is 23.0 Å². The van der Waals surface area contributed by atoms with Gasteiger partial charge in [0.2, 0.25) is 0 Å². The maximum atomic E-state index is 13.4. The number of anilines is 2. The van der Waals surface area contributed by atoms with E-state index in [4.69, 9.17) is 5.73 Å². The maximum Gasteiger partial charge on any atom is 0.267 e. The van der Waals surface area contributed by atoms with Crippen LogP contribution in [0.2, 0.25) is 0 Å². The molecule has 0 aliphatic rings. The smallest absolute Gasteiger partial charge is 0.267 e. The fraction of sp³-hybridized carbons (Fsp3) is 0.0370. The molecule has 0 saturated heterocycles. The molecule has 0 unspecified atom stereocenters. The van der Waals surface area contributed by atoms with Crippen molar-refractivity contribution in [2.45, 2.75) is 6.92 Å². The molecule has 38 heavy (non-hydrogen) atoms. The number of amides is 1. The molecule has 0 bridgehead atoms. The summed E-state index contributed by atoms with van der Waals surface area (Å²) in [5.41, 5.74) is 12.0. The molecule has 0 spiro atoms. The number of aryl methyl sites for hydroxylation is 1. The molecule has 186 valence electrons. The second-order valence-corrected chi connectivity index (χ2v) is 8.54. The van der Waals surface area contributed by atoms with Crippen molar-refractivity contribution < 1.29 is 9.18 Å². The summed E-state index contributed by atoms with van der Waals surface area (Å²) in [5.74, 6) is -0.448. The Bertz CT molecular complexity index is 1810. The number of H-pyrrole nitrogens is 1. The predicted octanol–water partition coefficient (Wildman–Crippen LogP) is 4.56. The van der Waals surface area contributed by atoms with Crippen LogP contribution in [-0.2, 0) is 0 Å². The van der Waals surface area contributed by atoms with Crippen molar-refractivity contribution in [2.24, 2.45) is 5.73 Å². The Kier molecular flexibility index (Phi) is 5.57. The van der Waals surface area contributed by atoms with Crippen LogP contribution in [0.25, 0.3) is 39.4 Å². The molecule has 6 rings (SSSR count). The molecule has 1 amide bonds. The van der Waals surface area contributed by atoms with Crippen molar-refractivity contribution in [2.75, 3.05) is 5.32 Å². The Hall–Kier alpha value is -5.45. The van der Waals surface area contributed by atoms with Gasteiger partial charge in [0.05, 0.1) is 17.7 Å². The van der Waals surface area contributed by atoms with E-state index < -0.39 is 5.91 Å². The Morgan fingerprint density at radius 2 is 1.87 bits per heavy atom. The molecule has 10 nitrogen and oxygen atoms in total. The van der Waals surface area contributed by atoms with Crippen LogP contribution in [0.15, 0.2) is 79.5 Å². The molecule has 0 radical (unpaired) electrons. The van der Waals surface area contributed by atoms with Crippen LogP contribution < -0.4 is 11.1 Å². The lowest BCUT2D eigenvalue weighted by molar-refractivity contribution is 0.0993. The van der Waals surface area contributed by atoms with Crippen LogP contribution in [0.5, 0.6) is 0 Å². The van der Waals surface area contributed by atoms with Crippen LogP contribution in [-0.4, -0.2) is 40.6 Å². The highest BCUT2D eigenvalue weighted by Gasteiger charge is 2.18. The summed E-state index contributed by atoms with van der Waals surface area (Å²) in [7, 11) is 0. The number of fused-ring (bicyclic) bond motifs is 1. The van der Waals surface area contributed by atoms with E-state index in [0.29, 0.717) is 34.1 Å². The number of aromatic nitrogens is 7. The van der Waals surface area contributed by atoms with Gasteiger partial charge < -0.3 is 16.0 Å². The number of benzene rings is 2. The molecule has 0 aliphatic carbocycles. The average molecular weight is 506 g/mol. The monoisotopic (exact) mass is 505 g/mol. The van der Waals surface area contributed by atoms with Crippen molar-refractivity contribution in [1.29, 1.82) is 0 Å². The molecule has 0 saturated carbocycles. The van der Waals surface area contributed by atoms with E-state index in [0.717, 1.165) is 22.4 Å². The van der Waals surface area contributed by atoms with Gasteiger partial charge in [-0.05, 0) is 61.0 Å². The summed E-state index contributed by atoms with van der Waals surface area (Å²) in [6, 6.07) is 16.8. The number of carbonyl (C=O) groups is 1. The van der Waals surface area contributed by atoms with Gasteiger partial charge in [-0.3, -0.25) is 4.79 Å². The number of nitrogens with two attached hydrogens (primary N) is 1. The van der Waals surface area contributed by atoms with Crippen molar-refractivity contribution in [3.63, 3.8) is 0 Å². The fourth-order valence-corrected chi connectivity index (χ4v) is 4.18. The predicted molar refractivity (Wildman–Crippen MR) is 140 cm³/mol. The highest BCUT2D eigenvalue weighted by atomic mass is 19.1. The zero-order valence-electron chi connectivity index (χ0n) is 20.1. The molecule has 6 aromatic rings. The van der Waals surface area contributed by atoms with Gasteiger partial charge in [0.15, 0.2) is 5.65 Å². The van der Waals surface area contributed by atoms with Crippen molar-refractivity contribution in [3.05, 3.63) is 96.6 Å². The number of halogens is 1. The Morgan fingerprint density at radius 1 is 1.03 bits per heavy atom. The summed E-state index contributed by atoms with van der Waals surface area (Å²) >= 11 is 0. The van der Waals surface area contributed by atoms with E-state index in [1.165, 1.54) is 35.3 Å². The van der Waals surface area contributed by atoms with Gasteiger partial charge in [-0.15, -0.1) is 0 Å². The van der Waals surface area contributed by atoms with Crippen LogP contribution in [0.4, 0.5) is 15.9 Å². The molecular formula is C27H20FN9O. The minimum atomic E-state index is -0.647. The zero-order chi connectivity index (χ0) is 26.2. The normalized spacial score (nSPS) is 11.1. The molecule has 2 aromatic carbocycles. The Morgan fingerprint density at radius 3 is 2.68 bits per heavy atom. The van der Waals surface area contributed by atoms with Crippen molar-refractivity contribution in [3.8, 4) is 28.2 Å². The lowest BCUT2D eigenvalue weighted by atomic mass is 10.1. The van der Waals surface area contributed by atoms with Crippen molar-refractivity contribution in [1.82, 2.24) is 34.7 Å². The number of nitrogens with zero attached hydrogens (tertiary/aromatic N) is 6. The third kappa shape index (κ3) is 4.11. The summed E-state index contributed by atoms with van der Waals surface area (Å²) in [6.07, 6.45) is 4.75. The number of hydrogen-bond donors (Lipinski definition) is 3. The fourth-order valence-electron chi connectivity index (χ4n) is 4.18. The number of nitrogens with one attached hydrogen (secondary N) is 2. The molecule has 4 N–H and O–H groups in total. The van der Waals surface area contributed by atoms with Gasteiger partial charge in [-0.2, -0.15) is 5.10 Å². The van der Waals surface area contributed by atoms with Gasteiger partial charge in [-0.1, -0.05) is 12.1 Å². The second-order valence-electron chi connectivity index (χ2n) is 8.54. The first kappa shape index (κ1) is 23.0. The largest absolute Gasteiger partial charge is 0.364 e. The highest BCUT2D eigenvalue weighted by Crippen LogP contribution is 2.33. The highest BCUT2D eigenvalue weighted by molar-refractivity contribution is 5.93. The van der Waals surface area contributed by atoms with E-state index >= 15 is 0 Å². The molecule has 0 aliphatic heterocycles. The minimum absolute atomic E-state index is 0.181. The first-order valence-electron chi connectivity index (χ1n) is 11.6. The number of rotatable bonds is 6. The Balaban J connectivity index is 1.40. The number of aromatic amines is 1. The van der Waals surface area contributed by atoms with Gasteiger partial charge in [0.25, 0.3) is 5.91 Å². The van der Waals surface area contributed by atoms with E-state index in [1.54, 1.807) is 18.6 Å². The molecule has 4 aromatic heterocycles. The molecule has 4 heterocycles. The summed E-state index contributed by atoms with van der Waals surface area (Å²) in [5, 5.41) is 8.01. The summed E-state index contributed by atoms with van der Waals surface area (Å²) < 4.78 is 14.9. The molecule has 0 atom stereocenters. The summed E-state index contributed by atoms with van der Waals surface area (Å²) in [4.78, 5) is 32.7. The average Bonchev–Trinajstić information content (AvgIpc) is 3.59. The first-order chi connectivity index (χ1) is 18.5. The standard InChI is InChI=1S/C27H20FN9O/c1-15-4-5-16(21-12-22(25(29)38)37(36-21)18-8-6-17(28)7-9-18)11-20(15)35-26-19(3-2-10-30-26)23-24-27(33-13-31-23)34-14-32-24/h2-14H,1H3,(H2,29,38)(H,30,35)(H,31,32,33,34). The van der Waals surface area contributed by atoms with Gasteiger partial charge in [-0.25, -0.2) is 29.0 Å². The Labute approximate surface area is 215 Å². The van der Waals surface area contributed by atoms with E-state index in [1.807, 2.05) is 37.3 Å². The lowest BCUT2D eigenvalue weighted by Gasteiger charge is -2.13.